The molecule has 0 spiro atoms. The van der Waals surface area contributed by atoms with Crippen molar-refractivity contribution in [3.8, 4) is 0 Å². The highest BCUT2D eigenvalue weighted by Crippen LogP contribution is 1.99. The molecule has 0 unspecified atom stereocenters. The van der Waals surface area contributed by atoms with E-state index in [1.807, 2.05) is 5.01 Å². The van der Waals surface area contributed by atoms with Gasteiger partial charge in [0.15, 0.2) is 0 Å². The molecule has 1 rings (SSSR count). The van der Waals surface area contributed by atoms with E-state index in [1.165, 1.54) is 0 Å². The third-order valence-electron chi connectivity index (χ3n) is 1.96. The highest BCUT2D eigenvalue weighted by molar-refractivity contribution is 5.22. The van der Waals surface area contributed by atoms with Gasteiger partial charge in [0.25, 0.3) is 0 Å². The fraction of sp³-hybridized carbons (Fsp3) is 0.857. The van der Waals surface area contributed by atoms with Crippen LogP contribution in [0.15, 0.2) is 5.10 Å². The van der Waals surface area contributed by atoms with Gasteiger partial charge in [-0.3, -0.25) is 9.91 Å². The number of aliphatic hydroxyl groups is 1. The molecule has 0 aromatic heterocycles. The van der Waals surface area contributed by atoms with Gasteiger partial charge in [0.1, 0.15) is 0 Å². The summed E-state index contributed by atoms with van der Waals surface area (Å²) in [5.41, 5.74) is 0. The lowest BCUT2D eigenvalue weighted by Gasteiger charge is -2.32. The van der Waals surface area contributed by atoms with Gasteiger partial charge in [0, 0.05) is 39.4 Å². The molecule has 0 aromatic rings. The summed E-state index contributed by atoms with van der Waals surface area (Å²) in [6.07, 6.45) is 0. The Bertz CT molecular complexity index is 121. The van der Waals surface area contributed by atoms with Crippen LogP contribution < -0.4 is 0 Å². The normalized spacial score (nSPS) is 20.3. The molecule has 1 N–H and O–H groups in total. The second-order valence-corrected chi connectivity index (χ2v) is 2.66. The minimum atomic E-state index is 0.252. The number of hydrogen-bond acceptors (Lipinski definition) is 4. The number of hydrazone groups is 1. The van der Waals surface area contributed by atoms with Crippen LogP contribution in [0.5, 0.6) is 0 Å². The molecule has 0 saturated carbocycles. The van der Waals surface area contributed by atoms with E-state index in [2.05, 4.69) is 16.7 Å². The Morgan fingerprint density at radius 3 is 2.36 bits per heavy atom. The van der Waals surface area contributed by atoms with Gasteiger partial charge in [-0.15, -0.1) is 0 Å². The van der Waals surface area contributed by atoms with Gasteiger partial charge < -0.3 is 5.11 Å². The van der Waals surface area contributed by atoms with E-state index in [1.54, 1.807) is 0 Å². The Kier molecular flexibility index (Phi) is 3.32. The van der Waals surface area contributed by atoms with Crippen LogP contribution in [0, 0.1) is 0 Å². The molecule has 0 bridgehead atoms. The summed E-state index contributed by atoms with van der Waals surface area (Å²) >= 11 is 0. The standard InChI is InChI=1S/C7H15N3O/c1-8-10-4-2-9(3-5-10)6-7-11/h11H,1-7H2. The summed E-state index contributed by atoms with van der Waals surface area (Å²) < 4.78 is 0. The first-order valence-corrected chi connectivity index (χ1v) is 3.91. The Balaban J connectivity index is 2.18. The molecule has 4 nitrogen and oxygen atoms in total. The molecule has 0 atom stereocenters. The molecule has 0 aliphatic carbocycles. The first-order chi connectivity index (χ1) is 5.36. The van der Waals surface area contributed by atoms with Crippen LogP contribution in [0.3, 0.4) is 0 Å². The molecule has 0 radical (unpaired) electrons. The van der Waals surface area contributed by atoms with Gasteiger partial charge >= 0.3 is 0 Å². The van der Waals surface area contributed by atoms with E-state index in [0.29, 0.717) is 0 Å². The number of hydrogen-bond donors (Lipinski definition) is 1. The van der Waals surface area contributed by atoms with Crippen LogP contribution in [-0.2, 0) is 0 Å². The van der Waals surface area contributed by atoms with E-state index in [9.17, 15) is 0 Å². The number of β-amino-alcohol motifs (C(OH)–C–C–N with tert-alkyl or cyclic N) is 1. The van der Waals surface area contributed by atoms with Gasteiger partial charge in [0.05, 0.1) is 6.61 Å². The van der Waals surface area contributed by atoms with Crippen molar-refractivity contribution in [1.29, 1.82) is 0 Å². The fourth-order valence-electron chi connectivity index (χ4n) is 1.24. The summed E-state index contributed by atoms with van der Waals surface area (Å²) in [7, 11) is 0. The van der Waals surface area contributed by atoms with Gasteiger partial charge in [-0.2, -0.15) is 5.10 Å². The molecular formula is C7H15N3O. The van der Waals surface area contributed by atoms with Crippen molar-refractivity contribution in [2.75, 3.05) is 39.3 Å². The maximum atomic E-state index is 8.65. The Morgan fingerprint density at radius 1 is 1.27 bits per heavy atom. The van der Waals surface area contributed by atoms with Crippen molar-refractivity contribution in [3.63, 3.8) is 0 Å². The van der Waals surface area contributed by atoms with Crippen molar-refractivity contribution in [3.05, 3.63) is 0 Å². The van der Waals surface area contributed by atoms with Crippen molar-refractivity contribution < 1.29 is 5.11 Å². The zero-order valence-electron chi connectivity index (χ0n) is 6.74. The third-order valence-corrected chi connectivity index (χ3v) is 1.96. The average molecular weight is 157 g/mol. The minimum absolute atomic E-state index is 0.252. The highest BCUT2D eigenvalue weighted by atomic mass is 16.3. The second kappa shape index (κ2) is 4.31. The summed E-state index contributed by atoms with van der Waals surface area (Å²) in [4.78, 5) is 2.22. The molecule has 1 saturated heterocycles. The molecule has 1 heterocycles. The lowest BCUT2D eigenvalue weighted by Crippen LogP contribution is -2.44. The number of piperazine rings is 1. The monoisotopic (exact) mass is 157 g/mol. The second-order valence-electron chi connectivity index (χ2n) is 2.66. The van der Waals surface area contributed by atoms with Crippen LogP contribution in [0.1, 0.15) is 0 Å². The van der Waals surface area contributed by atoms with Gasteiger partial charge in [-0.05, 0) is 0 Å². The van der Waals surface area contributed by atoms with Gasteiger partial charge in [-0.1, -0.05) is 0 Å². The van der Waals surface area contributed by atoms with E-state index in [4.69, 9.17) is 5.11 Å². The van der Waals surface area contributed by atoms with Crippen LogP contribution in [-0.4, -0.2) is 61.1 Å². The van der Waals surface area contributed by atoms with Gasteiger partial charge in [-0.25, -0.2) is 0 Å². The molecule has 0 amide bonds. The maximum Gasteiger partial charge on any atom is 0.0558 e. The van der Waals surface area contributed by atoms with Crippen LogP contribution >= 0.6 is 0 Å². The SMILES string of the molecule is C=NN1CCN(CCO)CC1. The summed E-state index contributed by atoms with van der Waals surface area (Å²) in [5, 5.41) is 14.4. The minimum Gasteiger partial charge on any atom is -0.395 e. The summed E-state index contributed by atoms with van der Waals surface area (Å²) in [5.74, 6) is 0. The average Bonchev–Trinajstić information content (AvgIpc) is 2.07. The molecular weight excluding hydrogens is 142 g/mol. The van der Waals surface area contributed by atoms with E-state index in [-0.39, 0.29) is 6.61 Å². The predicted octanol–water partition coefficient (Wildman–Crippen LogP) is -0.788. The first kappa shape index (κ1) is 8.49. The molecule has 1 aliphatic heterocycles. The van der Waals surface area contributed by atoms with Crippen LogP contribution in [0.25, 0.3) is 0 Å². The lowest BCUT2D eigenvalue weighted by molar-refractivity contribution is 0.116. The number of aliphatic hydroxyl groups excluding tert-OH is 1. The Labute approximate surface area is 67.1 Å². The summed E-state index contributed by atoms with van der Waals surface area (Å²) in [6, 6.07) is 0. The zero-order valence-corrected chi connectivity index (χ0v) is 6.74. The maximum absolute atomic E-state index is 8.65. The van der Waals surface area contributed by atoms with Crippen molar-refractivity contribution in [1.82, 2.24) is 9.91 Å². The van der Waals surface area contributed by atoms with E-state index < -0.39 is 0 Å². The molecule has 4 heteroatoms. The van der Waals surface area contributed by atoms with E-state index >= 15 is 0 Å². The quantitative estimate of drug-likeness (QED) is 0.546. The topological polar surface area (TPSA) is 39.1 Å². The Morgan fingerprint density at radius 2 is 1.91 bits per heavy atom. The van der Waals surface area contributed by atoms with Crippen molar-refractivity contribution in [2.45, 2.75) is 0 Å². The van der Waals surface area contributed by atoms with Crippen LogP contribution in [0.4, 0.5) is 0 Å². The van der Waals surface area contributed by atoms with Crippen LogP contribution in [0.2, 0.25) is 0 Å². The largest absolute Gasteiger partial charge is 0.395 e. The lowest BCUT2D eigenvalue weighted by atomic mass is 10.3. The Hall–Kier alpha value is -0.610. The zero-order chi connectivity index (χ0) is 8.10. The fourth-order valence-corrected chi connectivity index (χ4v) is 1.24. The molecule has 0 aromatic carbocycles. The van der Waals surface area contributed by atoms with Crippen molar-refractivity contribution >= 4 is 6.72 Å². The van der Waals surface area contributed by atoms with Gasteiger partial charge in [0.2, 0.25) is 0 Å². The van der Waals surface area contributed by atoms with Crippen molar-refractivity contribution in [2.24, 2.45) is 5.10 Å². The number of rotatable bonds is 3. The smallest absolute Gasteiger partial charge is 0.0558 e. The molecule has 1 fully saturated rings. The molecule has 64 valence electrons. The highest BCUT2D eigenvalue weighted by Gasteiger charge is 2.13. The number of nitrogens with zero attached hydrogens (tertiary/aromatic N) is 3. The predicted molar refractivity (Wildman–Crippen MR) is 44.6 cm³/mol. The first-order valence-electron chi connectivity index (χ1n) is 3.91. The molecule has 11 heavy (non-hydrogen) atoms. The third kappa shape index (κ3) is 2.48. The summed E-state index contributed by atoms with van der Waals surface area (Å²) in [6.45, 7) is 8.34. The molecule has 1 aliphatic rings. The van der Waals surface area contributed by atoms with E-state index in [0.717, 1.165) is 32.7 Å².